The van der Waals surface area contributed by atoms with E-state index in [1.54, 1.807) is 6.92 Å². The molecule has 0 aliphatic heterocycles. The molecular formula is C14H13F4N3O. The molecule has 2 aromatic rings. The highest BCUT2D eigenvalue weighted by Gasteiger charge is 2.36. The largest absolute Gasteiger partial charge is 0.464 e. The molecule has 0 saturated heterocycles. The van der Waals surface area contributed by atoms with E-state index < -0.39 is 23.4 Å². The summed E-state index contributed by atoms with van der Waals surface area (Å²) in [6.07, 6.45) is -3.98. The lowest BCUT2D eigenvalue weighted by Crippen LogP contribution is -2.19. The molecule has 0 bridgehead atoms. The maximum absolute atomic E-state index is 13.3. The summed E-state index contributed by atoms with van der Waals surface area (Å²) >= 11 is 0. The summed E-state index contributed by atoms with van der Waals surface area (Å²) in [6, 6.07) is 5.02. The number of aromatic nitrogens is 2. The molecule has 0 fully saturated rings. The highest BCUT2D eigenvalue weighted by atomic mass is 19.4. The van der Waals surface area contributed by atoms with Crippen LogP contribution in [0.2, 0.25) is 0 Å². The lowest BCUT2D eigenvalue weighted by Gasteiger charge is -2.22. The lowest BCUT2D eigenvalue weighted by atomic mass is 10.2. The maximum Gasteiger partial charge on any atom is 0.421 e. The standard InChI is InChI=1S/C14H13F4N3O/c1-3-22-13-19-8-11(14(16,17)18)12(20-13)21(2)10-6-4-5-9(15)7-10/h4-8H,3H2,1-2H3. The van der Waals surface area contributed by atoms with Crippen LogP contribution in [0.1, 0.15) is 12.5 Å². The van der Waals surface area contributed by atoms with Gasteiger partial charge in [0.25, 0.3) is 0 Å². The summed E-state index contributed by atoms with van der Waals surface area (Å²) in [5, 5.41) is 0. The van der Waals surface area contributed by atoms with Crippen molar-refractivity contribution < 1.29 is 22.3 Å². The first-order valence-corrected chi connectivity index (χ1v) is 6.39. The molecule has 1 aromatic carbocycles. The molecule has 0 radical (unpaired) electrons. The Balaban J connectivity index is 2.52. The van der Waals surface area contributed by atoms with E-state index in [1.807, 2.05) is 0 Å². The molecule has 118 valence electrons. The number of anilines is 2. The Labute approximate surface area is 124 Å². The second-order valence-corrected chi connectivity index (χ2v) is 4.36. The molecule has 8 heteroatoms. The number of hydrogen-bond donors (Lipinski definition) is 0. The van der Waals surface area contributed by atoms with Gasteiger partial charge in [-0.2, -0.15) is 18.2 Å². The summed E-state index contributed by atoms with van der Waals surface area (Å²) < 4.78 is 57.6. The normalized spacial score (nSPS) is 11.4. The second kappa shape index (κ2) is 6.17. The topological polar surface area (TPSA) is 38.2 Å². The van der Waals surface area contributed by atoms with E-state index in [4.69, 9.17) is 4.74 Å². The molecule has 0 aliphatic carbocycles. The SMILES string of the molecule is CCOc1ncc(C(F)(F)F)c(N(C)c2cccc(F)c2)n1. The Hall–Kier alpha value is -2.38. The number of benzene rings is 1. The van der Waals surface area contributed by atoms with Gasteiger partial charge in [0, 0.05) is 18.9 Å². The Kier molecular flexibility index (Phi) is 4.48. The van der Waals surface area contributed by atoms with Crippen LogP contribution in [0, 0.1) is 5.82 Å². The fraction of sp³-hybridized carbons (Fsp3) is 0.286. The van der Waals surface area contributed by atoms with Gasteiger partial charge in [0.15, 0.2) is 5.82 Å². The molecule has 0 saturated carbocycles. The Morgan fingerprint density at radius 1 is 1.27 bits per heavy atom. The third-order valence-corrected chi connectivity index (χ3v) is 2.84. The third kappa shape index (κ3) is 3.44. The van der Waals surface area contributed by atoms with Crippen LogP contribution < -0.4 is 9.64 Å². The van der Waals surface area contributed by atoms with Crippen LogP contribution in [0.5, 0.6) is 6.01 Å². The minimum absolute atomic E-state index is 0.172. The van der Waals surface area contributed by atoms with E-state index in [2.05, 4.69) is 9.97 Å². The van der Waals surface area contributed by atoms with Crippen molar-refractivity contribution in [2.24, 2.45) is 0 Å². The van der Waals surface area contributed by atoms with Crippen LogP contribution in [0.4, 0.5) is 29.1 Å². The highest BCUT2D eigenvalue weighted by molar-refractivity contribution is 5.62. The van der Waals surface area contributed by atoms with Crippen molar-refractivity contribution in [1.82, 2.24) is 9.97 Å². The van der Waals surface area contributed by atoms with Gasteiger partial charge in [0.05, 0.1) is 6.61 Å². The number of alkyl halides is 3. The van der Waals surface area contributed by atoms with Gasteiger partial charge in [-0.3, -0.25) is 0 Å². The number of hydrogen-bond acceptors (Lipinski definition) is 4. The van der Waals surface area contributed by atoms with Gasteiger partial charge >= 0.3 is 12.2 Å². The van der Waals surface area contributed by atoms with Crippen molar-refractivity contribution in [1.29, 1.82) is 0 Å². The van der Waals surface area contributed by atoms with Gasteiger partial charge < -0.3 is 9.64 Å². The number of rotatable bonds is 4. The van der Waals surface area contributed by atoms with Crippen molar-refractivity contribution in [3.05, 3.63) is 41.8 Å². The summed E-state index contributed by atoms with van der Waals surface area (Å²) in [5.74, 6) is -0.964. The van der Waals surface area contributed by atoms with Crippen LogP contribution in [0.25, 0.3) is 0 Å². The Bertz CT molecular complexity index is 661. The zero-order valence-electron chi connectivity index (χ0n) is 11.9. The molecule has 0 N–H and O–H groups in total. The first kappa shape index (κ1) is 16.0. The zero-order valence-corrected chi connectivity index (χ0v) is 11.9. The molecule has 1 aromatic heterocycles. The molecule has 0 spiro atoms. The third-order valence-electron chi connectivity index (χ3n) is 2.84. The van der Waals surface area contributed by atoms with Crippen LogP contribution in [-0.2, 0) is 6.18 Å². The predicted octanol–water partition coefficient (Wildman–Crippen LogP) is 3.80. The summed E-state index contributed by atoms with van der Waals surface area (Å²) in [7, 11) is 1.36. The van der Waals surface area contributed by atoms with E-state index in [0.717, 1.165) is 11.0 Å². The van der Waals surface area contributed by atoms with Crippen LogP contribution >= 0.6 is 0 Å². The number of halogens is 4. The number of ether oxygens (including phenoxy) is 1. The average Bonchev–Trinajstić information content (AvgIpc) is 2.45. The van der Waals surface area contributed by atoms with Crippen molar-refractivity contribution in [2.45, 2.75) is 13.1 Å². The molecule has 0 unspecified atom stereocenters. The van der Waals surface area contributed by atoms with Crippen molar-refractivity contribution in [2.75, 3.05) is 18.6 Å². The quantitative estimate of drug-likeness (QED) is 0.804. The van der Waals surface area contributed by atoms with Crippen molar-refractivity contribution >= 4 is 11.5 Å². The molecule has 4 nitrogen and oxygen atoms in total. The fourth-order valence-corrected chi connectivity index (χ4v) is 1.82. The second-order valence-electron chi connectivity index (χ2n) is 4.36. The highest BCUT2D eigenvalue weighted by Crippen LogP contribution is 2.37. The van der Waals surface area contributed by atoms with E-state index in [0.29, 0.717) is 6.20 Å². The first-order chi connectivity index (χ1) is 10.3. The summed E-state index contributed by atoms with van der Waals surface area (Å²) in [4.78, 5) is 8.46. The minimum atomic E-state index is -4.64. The lowest BCUT2D eigenvalue weighted by molar-refractivity contribution is -0.137. The molecule has 0 aliphatic rings. The van der Waals surface area contributed by atoms with Crippen LogP contribution in [-0.4, -0.2) is 23.6 Å². The maximum atomic E-state index is 13.3. The van der Waals surface area contributed by atoms with E-state index in [-0.39, 0.29) is 18.3 Å². The van der Waals surface area contributed by atoms with E-state index in [9.17, 15) is 17.6 Å². The van der Waals surface area contributed by atoms with Crippen LogP contribution in [0.15, 0.2) is 30.5 Å². The average molecular weight is 315 g/mol. The summed E-state index contributed by atoms with van der Waals surface area (Å²) in [6.45, 7) is 1.88. The van der Waals surface area contributed by atoms with Gasteiger partial charge in [-0.05, 0) is 25.1 Å². The summed E-state index contributed by atoms with van der Waals surface area (Å²) in [5.41, 5.74) is -0.797. The Morgan fingerprint density at radius 2 is 2.00 bits per heavy atom. The zero-order chi connectivity index (χ0) is 16.3. The van der Waals surface area contributed by atoms with Gasteiger partial charge in [0.2, 0.25) is 0 Å². The minimum Gasteiger partial charge on any atom is -0.464 e. The van der Waals surface area contributed by atoms with Gasteiger partial charge in [-0.15, -0.1) is 0 Å². The van der Waals surface area contributed by atoms with Gasteiger partial charge in [0.1, 0.15) is 11.4 Å². The van der Waals surface area contributed by atoms with Crippen molar-refractivity contribution in [3.63, 3.8) is 0 Å². The molecular weight excluding hydrogens is 302 g/mol. The van der Waals surface area contributed by atoms with Gasteiger partial charge in [-0.25, -0.2) is 9.37 Å². The Morgan fingerprint density at radius 3 is 2.59 bits per heavy atom. The van der Waals surface area contributed by atoms with E-state index >= 15 is 0 Å². The van der Waals surface area contributed by atoms with E-state index in [1.165, 1.54) is 25.2 Å². The number of nitrogens with zero attached hydrogens (tertiary/aromatic N) is 3. The molecule has 22 heavy (non-hydrogen) atoms. The monoisotopic (exact) mass is 315 g/mol. The molecule has 2 rings (SSSR count). The van der Waals surface area contributed by atoms with Crippen LogP contribution in [0.3, 0.4) is 0 Å². The van der Waals surface area contributed by atoms with Crippen molar-refractivity contribution in [3.8, 4) is 6.01 Å². The molecule has 0 amide bonds. The van der Waals surface area contributed by atoms with Gasteiger partial charge in [-0.1, -0.05) is 6.07 Å². The fourth-order valence-electron chi connectivity index (χ4n) is 1.82. The first-order valence-electron chi connectivity index (χ1n) is 6.39. The molecule has 0 atom stereocenters. The predicted molar refractivity (Wildman–Crippen MR) is 72.7 cm³/mol. The smallest absolute Gasteiger partial charge is 0.421 e. The molecule has 1 heterocycles.